The van der Waals surface area contributed by atoms with Crippen LogP contribution in [0.25, 0.3) is 0 Å². The molecule has 130 valence electrons. The van der Waals surface area contributed by atoms with Gasteiger partial charge >= 0.3 is 0 Å². The fourth-order valence-corrected chi connectivity index (χ4v) is 3.24. The van der Waals surface area contributed by atoms with Crippen LogP contribution in [0.2, 0.25) is 0 Å². The first-order valence-corrected chi connectivity index (χ1v) is 8.88. The van der Waals surface area contributed by atoms with Crippen LogP contribution in [0.4, 0.5) is 0 Å². The lowest BCUT2D eigenvalue weighted by molar-refractivity contribution is 0.166. The van der Waals surface area contributed by atoms with Crippen LogP contribution >= 0.6 is 0 Å². The Hall–Kier alpha value is -1.95. The van der Waals surface area contributed by atoms with Crippen molar-refractivity contribution in [3.63, 3.8) is 0 Å². The van der Waals surface area contributed by atoms with Crippen molar-refractivity contribution in [1.29, 1.82) is 0 Å². The van der Waals surface area contributed by atoms with Gasteiger partial charge in [0.05, 0.1) is 18.6 Å². The Bertz CT molecular complexity index is 684. The van der Waals surface area contributed by atoms with Crippen LogP contribution in [0.5, 0.6) is 0 Å². The Labute approximate surface area is 143 Å². The molecule has 6 heteroatoms. The van der Waals surface area contributed by atoms with Crippen LogP contribution in [-0.4, -0.2) is 43.9 Å². The summed E-state index contributed by atoms with van der Waals surface area (Å²) in [5.41, 5.74) is 0.958. The van der Waals surface area contributed by atoms with Crippen LogP contribution in [0, 0.1) is 5.92 Å². The van der Waals surface area contributed by atoms with Crippen LogP contribution in [0.15, 0.2) is 35.6 Å². The molecule has 0 radical (unpaired) electrons. The van der Waals surface area contributed by atoms with Gasteiger partial charge in [0.25, 0.3) is 5.56 Å². The van der Waals surface area contributed by atoms with E-state index in [1.54, 1.807) is 17.0 Å². The standard InChI is InChI=1S/C18H27N5O/c1-15(2)17-12-18(24)22(14-19-17)13-16-4-8-21(9-5-16)10-11-23-7-3-6-20-23/h3,6-7,12,14-16H,4-5,8-11,13H2,1-2H3. The average molecular weight is 329 g/mol. The second kappa shape index (κ2) is 7.75. The van der Waals surface area contributed by atoms with Gasteiger partial charge in [0, 0.05) is 31.5 Å². The summed E-state index contributed by atoms with van der Waals surface area (Å²) < 4.78 is 3.75. The van der Waals surface area contributed by atoms with E-state index < -0.39 is 0 Å². The van der Waals surface area contributed by atoms with E-state index in [2.05, 4.69) is 28.8 Å². The summed E-state index contributed by atoms with van der Waals surface area (Å²) in [6, 6.07) is 3.65. The molecule has 6 nitrogen and oxygen atoms in total. The molecule has 0 amide bonds. The molecule has 24 heavy (non-hydrogen) atoms. The third-order valence-electron chi connectivity index (χ3n) is 4.86. The van der Waals surface area contributed by atoms with Gasteiger partial charge in [-0.15, -0.1) is 0 Å². The van der Waals surface area contributed by atoms with E-state index in [1.165, 1.54) is 0 Å². The van der Waals surface area contributed by atoms with E-state index in [-0.39, 0.29) is 5.56 Å². The van der Waals surface area contributed by atoms with E-state index in [0.29, 0.717) is 11.8 Å². The van der Waals surface area contributed by atoms with Crippen molar-refractivity contribution < 1.29 is 0 Å². The molecule has 3 rings (SSSR count). The lowest BCUT2D eigenvalue weighted by atomic mass is 9.96. The molecule has 2 aromatic heterocycles. The number of hydrogen-bond donors (Lipinski definition) is 0. The average Bonchev–Trinajstić information content (AvgIpc) is 3.09. The van der Waals surface area contributed by atoms with Gasteiger partial charge in [-0.1, -0.05) is 13.8 Å². The Morgan fingerprint density at radius 2 is 2.04 bits per heavy atom. The van der Waals surface area contributed by atoms with E-state index >= 15 is 0 Å². The van der Waals surface area contributed by atoms with Crippen molar-refractivity contribution >= 4 is 0 Å². The molecule has 0 atom stereocenters. The maximum absolute atomic E-state index is 12.2. The van der Waals surface area contributed by atoms with Gasteiger partial charge in [0.1, 0.15) is 0 Å². The molecule has 1 aliphatic rings. The zero-order valence-corrected chi connectivity index (χ0v) is 14.6. The summed E-state index contributed by atoms with van der Waals surface area (Å²) in [5.74, 6) is 0.862. The largest absolute Gasteiger partial charge is 0.301 e. The molecule has 0 unspecified atom stereocenters. The highest BCUT2D eigenvalue weighted by Gasteiger charge is 2.20. The summed E-state index contributed by atoms with van der Waals surface area (Å²) in [4.78, 5) is 19.1. The van der Waals surface area contributed by atoms with Crippen molar-refractivity contribution in [3.05, 3.63) is 46.9 Å². The number of aromatic nitrogens is 4. The van der Waals surface area contributed by atoms with Crippen molar-refractivity contribution in [2.45, 2.75) is 45.7 Å². The molecule has 1 saturated heterocycles. The van der Waals surface area contributed by atoms with Gasteiger partial charge in [0.2, 0.25) is 0 Å². The summed E-state index contributed by atoms with van der Waals surface area (Å²) in [6.07, 6.45) is 7.83. The van der Waals surface area contributed by atoms with Gasteiger partial charge in [-0.25, -0.2) is 4.98 Å². The first-order chi connectivity index (χ1) is 11.6. The molecule has 0 saturated carbocycles. The minimum Gasteiger partial charge on any atom is -0.301 e. The normalized spacial score (nSPS) is 16.8. The summed E-state index contributed by atoms with van der Waals surface area (Å²) in [6.45, 7) is 9.08. The third-order valence-corrected chi connectivity index (χ3v) is 4.86. The Kier molecular flexibility index (Phi) is 5.45. The summed E-state index contributed by atoms with van der Waals surface area (Å²) in [7, 11) is 0. The van der Waals surface area contributed by atoms with Crippen LogP contribution in [0.1, 0.15) is 38.3 Å². The molecule has 3 heterocycles. The maximum Gasteiger partial charge on any atom is 0.253 e. The summed E-state index contributed by atoms with van der Waals surface area (Å²) in [5, 5.41) is 4.25. The topological polar surface area (TPSA) is 56.0 Å². The van der Waals surface area contributed by atoms with E-state index in [1.807, 2.05) is 23.1 Å². The van der Waals surface area contributed by atoms with Crippen molar-refractivity contribution in [3.8, 4) is 0 Å². The Morgan fingerprint density at radius 1 is 1.25 bits per heavy atom. The molecular formula is C18H27N5O. The van der Waals surface area contributed by atoms with Gasteiger partial charge in [-0.3, -0.25) is 14.0 Å². The van der Waals surface area contributed by atoms with Crippen LogP contribution in [0.3, 0.4) is 0 Å². The molecule has 0 aliphatic carbocycles. The van der Waals surface area contributed by atoms with Crippen LogP contribution in [-0.2, 0) is 13.1 Å². The fraction of sp³-hybridized carbons (Fsp3) is 0.611. The van der Waals surface area contributed by atoms with E-state index in [0.717, 1.165) is 51.3 Å². The third kappa shape index (κ3) is 4.32. The molecule has 1 fully saturated rings. The Balaban J connectivity index is 1.47. The minimum absolute atomic E-state index is 0.0785. The molecule has 0 N–H and O–H groups in total. The molecule has 2 aromatic rings. The quantitative estimate of drug-likeness (QED) is 0.813. The first-order valence-electron chi connectivity index (χ1n) is 8.88. The lowest BCUT2D eigenvalue weighted by Gasteiger charge is -2.32. The van der Waals surface area contributed by atoms with E-state index in [9.17, 15) is 4.79 Å². The van der Waals surface area contributed by atoms with Crippen molar-refractivity contribution in [2.75, 3.05) is 19.6 Å². The smallest absolute Gasteiger partial charge is 0.253 e. The fourth-order valence-electron chi connectivity index (χ4n) is 3.24. The van der Waals surface area contributed by atoms with Crippen molar-refractivity contribution in [1.82, 2.24) is 24.2 Å². The van der Waals surface area contributed by atoms with Crippen LogP contribution < -0.4 is 5.56 Å². The summed E-state index contributed by atoms with van der Waals surface area (Å²) >= 11 is 0. The maximum atomic E-state index is 12.2. The van der Waals surface area contributed by atoms with Gasteiger partial charge in [-0.2, -0.15) is 5.10 Å². The zero-order chi connectivity index (χ0) is 16.9. The van der Waals surface area contributed by atoms with Gasteiger partial charge in [0.15, 0.2) is 0 Å². The van der Waals surface area contributed by atoms with Gasteiger partial charge in [-0.05, 0) is 43.8 Å². The second-order valence-corrected chi connectivity index (χ2v) is 7.01. The highest BCUT2D eigenvalue weighted by Crippen LogP contribution is 2.18. The SMILES string of the molecule is CC(C)c1cc(=O)n(CC2CCN(CCn3cccn3)CC2)cn1. The number of nitrogens with zero attached hydrogens (tertiary/aromatic N) is 5. The molecule has 0 spiro atoms. The Morgan fingerprint density at radius 3 is 2.67 bits per heavy atom. The second-order valence-electron chi connectivity index (χ2n) is 7.01. The van der Waals surface area contributed by atoms with Crippen molar-refractivity contribution in [2.24, 2.45) is 5.92 Å². The minimum atomic E-state index is 0.0785. The monoisotopic (exact) mass is 329 g/mol. The van der Waals surface area contributed by atoms with Gasteiger partial charge < -0.3 is 4.90 Å². The zero-order valence-electron chi connectivity index (χ0n) is 14.6. The number of rotatable bonds is 6. The van der Waals surface area contributed by atoms with E-state index in [4.69, 9.17) is 0 Å². The highest BCUT2D eigenvalue weighted by atomic mass is 16.1. The lowest BCUT2D eigenvalue weighted by Crippen LogP contribution is -2.38. The first kappa shape index (κ1) is 16.9. The number of likely N-dealkylation sites (tertiary alicyclic amines) is 1. The predicted molar refractivity (Wildman–Crippen MR) is 94.0 cm³/mol. The molecular weight excluding hydrogens is 302 g/mol. The molecule has 0 aromatic carbocycles. The number of hydrogen-bond acceptors (Lipinski definition) is 4. The molecule has 0 bridgehead atoms. The number of piperidine rings is 1. The predicted octanol–water partition coefficient (Wildman–Crippen LogP) is 1.98. The highest BCUT2D eigenvalue weighted by molar-refractivity contribution is 5.04. The molecule has 1 aliphatic heterocycles.